The maximum atomic E-state index is 12.1. The number of aromatic nitrogens is 1. The first-order valence-electron chi connectivity index (χ1n) is 11.6. The molecular weight excluding hydrogens is 490 g/mol. The number of benzene rings is 3. The molecule has 0 saturated heterocycles. The van der Waals surface area contributed by atoms with E-state index < -0.39 is 0 Å². The molecule has 8 heteroatoms. The topological polar surface area (TPSA) is 91.3 Å². The van der Waals surface area contributed by atoms with Gasteiger partial charge in [0.2, 0.25) is 0 Å². The largest absolute Gasteiger partial charge is 0.392 e. The van der Waals surface area contributed by atoms with Crippen molar-refractivity contribution in [1.82, 2.24) is 10.3 Å². The molecule has 3 N–H and O–H groups in total. The minimum absolute atomic E-state index is 0.0527. The highest BCUT2D eigenvalue weighted by atomic mass is 32.2. The third-order valence-corrected chi connectivity index (χ3v) is 7.24. The lowest BCUT2D eigenvalue weighted by Gasteiger charge is -2.05. The van der Waals surface area contributed by atoms with Crippen molar-refractivity contribution in [2.45, 2.75) is 36.8 Å². The Morgan fingerprint density at radius 2 is 1.72 bits per heavy atom. The van der Waals surface area contributed by atoms with Gasteiger partial charge in [-0.1, -0.05) is 68.1 Å². The summed E-state index contributed by atoms with van der Waals surface area (Å²) >= 11 is 3.18. The fourth-order valence-electron chi connectivity index (χ4n) is 3.41. The Hall–Kier alpha value is -3.30. The van der Waals surface area contributed by atoms with Gasteiger partial charge in [-0.2, -0.15) is 0 Å². The number of hydrogen-bond acceptors (Lipinski definition) is 7. The average Bonchev–Trinajstić information content (AvgIpc) is 3.34. The van der Waals surface area contributed by atoms with Gasteiger partial charge in [0.25, 0.3) is 5.91 Å². The molecule has 0 bridgehead atoms. The normalized spacial score (nSPS) is 11.4. The first-order valence-corrected chi connectivity index (χ1v) is 13.2. The molecule has 0 spiro atoms. The van der Waals surface area contributed by atoms with Gasteiger partial charge in [0.1, 0.15) is 11.3 Å². The molecule has 0 unspecified atom stereocenters. The van der Waals surface area contributed by atoms with E-state index in [1.807, 2.05) is 75.6 Å². The molecule has 4 aromatic rings. The van der Waals surface area contributed by atoms with Crippen LogP contribution in [0.5, 0.6) is 0 Å². The summed E-state index contributed by atoms with van der Waals surface area (Å²) in [4.78, 5) is 30.3. The highest BCUT2D eigenvalue weighted by Crippen LogP contribution is 2.38. The Balaban J connectivity index is 0.000000189. The standard InChI is InChI=1S/C14H9NO2S.C12H14N2OS.C2H6/c16-8-9-5-6-13-11(7-9)15-14(17)10-3-1-2-4-12(10)18-13;1-13-6-10-7-14-12(16-10)11-5-3-2-4-9(11)8-15;1-2/h1-8H,(H,15,17);2-5,7,13,15H,6,8H2,1H3;1-2H3. The van der Waals surface area contributed by atoms with Gasteiger partial charge in [0, 0.05) is 38.5 Å². The van der Waals surface area contributed by atoms with Crippen molar-refractivity contribution >= 4 is 41.0 Å². The number of rotatable bonds is 5. The van der Waals surface area contributed by atoms with E-state index in [0.29, 0.717) is 16.8 Å². The molecule has 186 valence electrons. The number of carbonyl (C=O) groups is 2. The van der Waals surface area contributed by atoms with Gasteiger partial charge in [-0.25, -0.2) is 4.98 Å². The number of nitrogens with zero attached hydrogens (tertiary/aromatic N) is 1. The fourth-order valence-corrected chi connectivity index (χ4v) is 5.41. The molecule has 0 saturated carbocycles. The van der Waals surface area contributed by atoms with Gasteiger partial charge < -0.3 is 15.7 Å². The average molecular weight is 520 g/mol. The summed E-state index contributed by atoms with van der Waals surface area (Å²) in [6, 6.07) is 20.6. The number of carbonyl (C=O) groups excluding carboxylic acids is 2. The molecular formula is C28H29N3O3S2. The van der Waals surface area contributed by atoms with Gasteiger partial charge in [-0.05, 0) is 36.9 Å². The van der Waals surface area contributed by atoms with Crippen LogP contribution in [0.25, 0.3) is 10.6 Å². The number of anilines is 1. The molecule has 2 heterocycles. The number of thiazole rings is 1. The van der Waals surface area contributed by atoms with E-state index in [0.717, 1.165) is 38.8 Å². The monoisotopic (exact) mass is 519 g/mol. The summed E-state index contributed by atoms with van der Waals surface area (Å²) in [5, 5.41) is 16.2. The molecule has 5 rings (SSSR count). The summed E-state index contributed by atoms with van der Waals surface area (Å²) in [5.74, 6) is -0.139. The van der Waals surface area contributed by atoms with Crippen molar-refractivity contribution in [1.29, 1.82) is 0 Å². The Labute approximate surface area is 219 Å². The number of amides is 1. The summed E-state index contributed by atoms with van der Waals surface area (Å²) in [5.41, 5.74) is 3.85. The Kier molecular flexibility index (Phi) is 10.4. The second kappa shape index (κ2) is 13.7. The zero-order chi connectivity index (χ0) is 25.9. The Morgan fingerprint density at radius 1 is 1.00 bits per heavy atom. The second-order valence-corrected chi connectivity index (χ2v) is 9.60. The lowest BCUT2D eigenvalue weighted by molar-refractivity contribution is 0.102. The molecule has 1 aromatic heterocycles. The predicted molar refractivity (Wildman–Crippen MR) is 148 cm³/mol. The first kappa shape index (κ1) is 27.3. The summed E-state index contributed by atoms with van der Waals surface area (Å²) in [7, 11) is 1.92. The van der Waals surface area contributed by atoms with E-state index in [4.69, 9.17) is 0 Å². The van der Waals surface area contributed by atoms with Crippen LogP contribution >= 0.6 is 23.1 Å². The van der Waals surface area contributed by atoms with Crippen LogP contribution in [-0.2, 0) is 13.2 Å². The van der Waals surface area contributed by atoms with Crippen LogP contribution in [0.3, 0.4) is 0 Å². The van der Waals surface area contributed by atoms with E-state index in [2.05, 4.69) is 15.6 Å². The third-order valence-electron chi connectivity index (χ3n) is 5.06. The number of aliphatic hydroxyl groups excluding tert-OH is 1. The number of aliphatic hydroxyl groups is 1. The van der Waals surface area contributed by atoms with Crippen molar-refractivity contribution in [2.24, 2.45) is 0 Å². The van der Waals surface area contributed by atoms with Crippen LogP contribution in [0.2, 0.25) is 0 Å². The van der Waals surface area contributed by atoms with E-state index >= 15 is 0 Å². The third kappa shape index (κ3) is 6.67. The van der Waals surface area contributed by atoms with Gasteiger partial charge in [-0.3, -0.25) is 9.59 Å². The van der Waals surface area contributed by atoms with Crippen molar-refractivity contribution in [3.8, 4) is 10.6 Å². The zero-order valence-corrected chi connectivity index (χ0v) is 22.1. The molecule has 0 fully saturated rings. The fraction of sp³-hybridized carbons (Fsp3) is 0.179. The van der Waals surface area contributed by atoms with E-state index in [1.165, 1.54) is 16.6 Å². The molecule has 1 aliphatic heterocycles. The minimum Gasteiger partial charge on any atom is -0.392 e. The van der Waals surface area contributed by atoms with Crippen LogP contribution in [0.15, 0.2) is 82.7 Å². The van der Waals surface area contributed by atoms with Gasteiger partial charge in [0.05, 0.1) is 17.9 Å². The van der Waals surface area contributed by atoms with Crippen LogP contribution in [0, 0.1) is 0 Å². The lowest BCUT2D eigenvalue weighted by Crippen LogP contribution is -2.11. The molecule has 1 amide bonds. The van der Waals surface area contributed by atoms with E-state index in [1.54, 1.807) is 29.5 Å². The highest BCUT2D eigenvalue weighted by molar-refractivity contribution is 7.99. The van der Waals surface area contributed by atoms with Crippen LogP contribution in [0.4, 0.5) is 5.69 Å². The SMILES string of the molecule is CC.CNCc1cnc(-c2ccccc2CO)s1.O=Cc1ccc2c(c1)NC(=O)c1ccccc1S2. The Morgan fingerprint density at radius 3 is 2.44 bits per heavy atom. The van der Waals surface area contributed by atoms with Crippen molar-refractivity contribution in [3.63, 3.8) is 0 Å². The quantitative estimate of drug-likeness (QED) is 0.270. The first-order chi connectivity index (χ1) is 17.6. The minimum atomic E-state index is -0.139. The van der Waals surface area contributed by atoms with Crippen LogP contribution < -0.4 is 10.6 Å². The number of aldehydes is 1. The molecule has 0 aliphatic carbocycles. The summed E-state index contributed by atoms with van der Waals surface area (Å²) in [6.45, 7) is 4.88. The number of fused-ring (bicyclic) bond motifs is 2. The zero-order valence-electron chi connectivity index (χ0n) is 20.4. The van der Waals surface area contributed by atoms with Crippen molar-refractivity contribution in [3.05, 3.63) is 94.5 Å². The molecule has 36 heavy (non-hydrogen) atoms. The Bertz CT molecular complexity index is 1320. The molecule has 6 nitrogen and oxygen atoms in total. The molecule has 0 atom stereocenters. The summed E-state index contributed by atoms with van der Waals surface area (Å²) < 4.78 is 0. The molecule has 0 radical (unpaired) electrons. The van der Waals surface area contributed by atoms with Gasteiger partial charge in [0.15, 0.2) is 0 Å². The molecule has 3 aromatic carbocycles. The highest BCUT2D eigenvalue weighted by Gasteiger charge is 2.19. The van der Waals surface area contributed by atoms with E-state index in [-0.39, 0.29) is 12.5 Å². The molecule has 1 aliphatic rings. The van der Waals surface area contributed by atoms with Gasteiger partial charge in [-0.15, -0.1) is 11.3 Å². The van der Waals surface area contributed by atoms with Crippen molar-refractivity contribution in [2.75, 3.05) is 12.4 Å². The number of hydrogen-bond donors (Lipinski definition) is 3. The van der Waals surface area contributed by atoms with Crippen LogP contribution in [-0.4, -0.2) is 29.3 Å². The van der Waals surface area contributed by atoms with Crippen molar-refractivity contribution < 1.29 is 14.7 Å². The van der Waals surface area contributed by atoms with Crippen LogP contribution in [0.1, 0.15) is 45.0 Å². The smallest absolute Gasteiger partial charge is 0.256 e. The number of nitrogens with one attached hydrogen (secondary N) is 2. The van der Waals surface area contributed by atoms with Gasteiger partial charge >= 0.3 is 0 Å². The second-order valence-electron chi connectivity index (χ2n) is 7.40. The predicted octanol–water partition coefficient (Wildman–Crippen LogP) is 6.26. The maximum Gasteiger partial charge on any atom is 0.256 e. The lowest BCUT2D eigenvalue weighted by atomic mass is 10.1. The van der Waals surface area contributed by atoms with E-state index in [9.17, 15) is 14.7 Å². The maximum absolute atomic E-state index is 12.1. The summed E-state index contributed by atoms with van der Waals surface area (Å²) in [6.07, 6.45) is 2.65.